The van der Waals surface area contributed by atoms with Gasteiger partial charge in [0.15, 0.2) is 6.10 Å². The number of hydrogen-bond donors (Lipinski definition) is 3. The molecule has 1 aromatic rings. The molecule has 0 unspecified atom stereocenters. The molecule has 3 amide bonds. The highest BCUT2D eigenvalue weighted by molar-refractivity contribution is 6.00. The summed E-state index contributed by atoms with van der Waals surface area (Å²) in [5.74, 6) is -2.12. The second-order valence-electron chi connectivity index (χ2n) is 6.01. The van der Waals surface area contributed by atoms with Crippen molar-refractivity contribution in [3.05, 3.63) is 22.5 Å². The third kappa shape index (κ3) is 5.33. The molecule has 1 atom stereocenters. The zero-order valence-electron chi connectivity index (χ0n) is 15.8. The van der Waals surface area contributed by atoms with Crippen molar-refractivity contribution in [2.24, 2.45) is 0 Å². The van der Waals surface area contributed by atoms with Crippen molar-refractivity contribution in [2.75, 3.05) is 6.61 Å². The van der Waals surface area contributed by atoms with Gasteiger partial charge in [-0.2, -0.15) is 0 Å². The highest BCUT2D eigenvalue weighted by Crippen LogP contribution is 2.20. The van der Waals surface area contributed by atoms with Crippen LogP contribution in [0.2, 0.25) is 0 Å². The van der Waals surface area contributed by atoms with Gasteiger partial charge in [-0.1, -0.05) is 0 Å². The molecule has 0 saturated carbocycles. The maximum absolute atomic E-state index is 12.3. The van der Waals surface area contributed by atoms with Gasteiger partial charge in [0, 0.05) is 11.7 Å². The first-order valence-corrected chi connectivity index (χ1v) is 8.27. The predicted molar refractivity (Wildman–Crippen MR) is 92.9 cm³/mol. The van der Waals surface area contributed by atoms with Gasteiger partial charge in [-0.3, -0.25) is 10.1 Å². The summed E-state index contributed by atoms with van der Waals surface area (Å²) >= 11 is 0. The molecule has 0 aromatic carbocycles. The summed E-state index contributed by atoms with van der Waals surface area (Å²) in [6, 6.07) is -0.823. The number of H-pyrrole nitrogens is 1. The number of carbonyl (C=O) groups is 4. The van der Waals surface area contributed by atoms with Gasteiger partial charge in [0.05, 0.1) is 12.2 Å². The SMILES string of the molecule is CCOC(=O)c1c(C)[nH]c(C(=O)O[C@@H](C)C(=O)NC(=O)NC(C)C)c1C. The number of aromatic nitrogens is 1. The number of imide groups is 1. The van der Waals surface area contributed by atoms with Crippen LogP contribution in [0.4, 0.5) is 4.79 Å². The van der Waals surface area contributed by atoms with Gasteiger partial charge in [0.25, 0.3) is 5.91 Å². The average Bonchev–Trinajstić information content (AvgIpc) is 2.81. The average molecular weight is 367 g/mol. The normalized spacial score (nSPS) is 11.7. The minimum Gasteiger partial charge on any atom is -0.462 e. The topological polar surface area (TPSA) is 127 Å². The van der Waals surface area contributed by atoms with Gasteiger partial charge >= 0.3 is 18.0 Å². The maximum Gasteiger partial charge on any atom is 0.355 e. The van der Waals surface area contributed by atoms with Crippen LogP contribution in [-0.4, -0.2) is 47.6 Å². The Labute approximate surface area is 151 Å². The van der Waals surface area contributed by atoms with E-state index in [2.05, 4.69) is 15.6 Å². The fraction of sp³-hybridized carbons (Fsp3) is 0.529. The van der Waals surface area contributed by atoms with Crippen molar-refractivity contribution < 1.29 is 28.7 Å². The molecule has 1 rings (SSSR count). The summed E-state index contributed by atoms with van der Waals surface area (Å²) in [4.78, 5) is 50.5. The van der Waals surface area contributed by atoms with E-state index in [-0.39, 0.29) is 23.9 Å². The van der Waals surface area contributed by atoms with Crippen LogP contribution in [-0.2, 0) is 14.3 Å². The van der Waals surface area contributed by atoms with Crippen LogP contribution in [0.3, 0.4) is 0 Å². The summed E-state index contributed by atoms with van der Waals surface area (Å²) in [6.45, 7) is 9.91. The Bertz CT molecular complexity index is 708. The predicted octanol–water partition coefficient (Wildman–Crippen LogP) is 1.59. The second-order valence-corrected chi connectivity index (χ2v) is 6.01. The fourth-order valence-corrected chi connectivity index (χ4v) is 2.25. The van der Waals surface area contributed by atoms with Crippen molar-refractivity contribution in [2.45, 2.75) is 53.7 Å². The van der Waals surface area contributed by atoms with E-state index in [4.69, 9.17) is 9.47 Å². The van der Waals surface area contributed by atoms with E-state index in [1.54, 1.807) is 34.6 Å². The van der Waals surface area contributed by atoms with Gasteiger partial charge in [0.2, 0.25) is 0 Å². The number of carbonyl (C=O) groups excluding carboxylic acids is 4. The number of esters is 2. The van der Waals surface area contributed by atoms with Crippen molar-refractivity contribution in [3.63, 3.8) is 0 Å². The lowest BCUT2D eigenvalue weighted by Crippen LogP contribution is -2.46. The van der Waals surface area contributed by atoms with Crippen LogP contribution < -0.4 is 10.6 Å². The number of amides is 3. The van der Waals surface area contributed by atoms with Crippen LogP contribution >= 0.6 is 0 Å². The third-order valence-electron chi connectivity index (χ3n) is 3.43. The van der Waals surface area contributed by atoms with Crippen molar-refractivity contribution in [3.8, 4) is 0 Å². The van der Waals surface area contributed by atoms with Crippen molar-refractivity contribution in [1.82, 2.24) is 15.6 Å². The van der Waals surface area contributed by atoms with Gasteiger partial charge in [-0.25, -0.2) is 14.4 Å². The standard InChI is InChI=1S/C17H25N3O6/c1-7-25-15(22)12-9(4)13(19-10(12)5)16(23)26-11(6)14(21)20-17(24)18-8(2)3/h8,11,19H,7H2,1-6H3,(H2,18,20,21,24)/t11-/m0/s1. The highest BCUT2D eigenvalue weighted by atomic mass is 16.5. The Hall–Kier alpha value is -2.84. The molecule has 1 aromatic heterocycles. The molecule has 0 aliphatic rings. The van der Waals surface area contributed by atoms with E-state index < -0.39 is 30.0 Å². The van der Waals surface area contributed by atoms with Crippen molar-refractivity contribution >= 4 is 23.9 Å². The molecule has 0 saturated heterocycles. The Morgan fingerprint density at radius 2 is 1.69 bits per heavy atom. The molecular formula is C17H25N3O6. The molecule has 144 valence electrons. The van der Waals surface area contributed by atoms with E-state index in [1.807, 2.05) is 0 Å². The molecule has 3 N–H and O–H groups in total. The number of nitrogens with one attached hydrogen (secondary N) is 3. The second kappa shape index (κ2) is 9.02. The first kappa shape index (κ1) is 21.2. The van der Waals surface area contributed by atoms with E-state index in [9.17, 15) is 19.2 Å². The summed E-state index contributed by atoms with van der Waals surface area (Å²) in [6.07, 6.45) is -1.20. The molecule has 0 aliphatic heterocycles. The number of rotatable bonds is 6. The number of urea groups is 1. The lowest BCUT2D eigenvalue weighted by Gasteiger charge is -2.14. The van der Waals surface area contributed by atoms with Crippen LogP contribution in [0.1, 0.15) is 59.8 Å². The van der Waals surface area contributed by atoms with Crippen LogP contribution in [0.25, 0.3) is 0 Å². The number of aryl methyl sites for hydroxylation is 1. The molecular weight excluding hydrogens is 342 g/mol. The molecule has 26 heavy (non-hydrogen) atoms. The molecule has 9 nitrogen and oxygen atoms in total. The Morgan fingerprint density at radius 3 is 2.23 bits per heavy atom. The Morgan fingerprint density at radius 1 is 1.08 bits per heavy atom. The number of ether oxygens (including phenoxy) is 2. The van der Waals surface area contributed by atoms with E-state index in [0.717, 1.165) is 0 Å². The lowest BCUT2D eigenvalue weighted by atomic mass is 10.1. The van der Waals surface area contributed by atoms with E-state index in [0.29, 0.717) is 11.3 Å². The first-order chi connectivity index (χ1) is 12.1. The summed E-state index contributed by atoms with van der Waals surface area (Å²) < 4.78 is 10.0. The van der Waals surface area contributed by atoms with Gasteiger partial charge in [-0.05, 0) is 47.1 Å². The summed E-state index contributed by atoms with van der Waals surface area (Å²) in [5, 5.41) is 4.57. The smallest absolute Gasteiger partial charge is 0.355 e. The molecule has 1 heterocycles. The zero-order chi connectivity index (χ0) is 20.0. The minimum absolute atomic E-state index is 0.0526. The molecule has 0 fully saturated rings. The van der Waals surface area contributed by atoms with Crippen LogP contribution in [0.15, 0.2) is 0 Å². The Kier molecular flexibility index (Phi) is 7.36. The first-order valence-electron chi connectivity index (χ1n) is 8.27. The molecule has 0 radical (unpaired) electrons. The van der Waals surface area contributed by atoms with Gasteiger partial charge in [0.1, 0.15) is 5.69 Å². The van der Waals surface area contributed by atoms with E-state index >= 15 is 0 Å². The zero-order valence-corrected chi connectivity index (χ0v) is 15.8. The molecule has 9 heteroatoms. The van der Waals surface area contributed by atoms with Crippen LogP contribution in [0.5, 0.6) is 0 Å². The number of hydrogen-bond acceptors (Lipinski definition) is 6. The lowest BCUT2D eigenvalue weighted by molar-refractivity contribution is -0.127. The molecule has 0 aliphatic carbocycles. The monoisotopic (exact) mass is 367 g/mol. The van der Waals surface area contributed by atoms with Gasteiger partial charge in [-0.15, -0.1) is 0 Å². The quantitative estimate of drug-likeness (QED) is 0.655. The minimum atomic E-state index is -1.20. The molecule has 0 spiro atoms. The fourth-order valence-electron chi connectivity index (χ4n) is 2.25. The van der Waals surface area contributed by atoms with E-state index in [1.165, 1.54) is 6.92 Å². The van der Waals surface area contributed by atoms with Gasteiger partial charge < -0.3 is 19.8 Å². The van der Waals surface area contributed by atoms with Crippen LogP contribution in [0, 0.1) is 13.8 Å². The maximum atomic E-state index is 12.3. The largest absolute Gasteiger partial charge is 0.462 e. The van der Waals surface area contributed by atoms with Crippen molar-refractivity contribution in [1.29, 1.82) is 0 Å². The molecule has 0 bridgehead atoms. The summed E-state index contributed by atoms with van der Waals surface area (Å²) in [7, 11) is 0. The summed E-state index contributed by atoms with van der Waals surface area (Å²) in [5.41, 5.74) is 1.14. The third-order valence-corrected chi connectivity index (χ3v) is 3.43. The Balaban J connectivity index is 2.82. The highest BCUT2D eigenvalue weighted by Gasteiger charge is 2.27. The number of aromatic amines is 1.